The maximum atomic E-state index is 5.48. The van der Waals surface area contributed by atoms with Crippen LogP contribution in [-0.2, 0) is 0 Å². The van der Waals surface area contributed by atoms with E-state index < -0.39 is 0 Å². The Labute approximate surface area is 89.6 Å². The van der Waals surface area contributed by atoms with E-state index in [1.165, 1.54) is 23.1 Å². The van der Waals surface area contributed by atoms with Gasteiger partial charge in [-0.3, -0.25) is 0 Å². The highest BCUT2D eigenvalue weighted by Gasteiger charge is 2.06. The number of rotatable bonds is 2. The van der Waals surface area contributed by atoms with E-state index in [9.17, 15) is 0 Å². The number of nitrogen functional groups attached to an aromatic ring is 1. The number of hydrogen-bond acceptors (Lipinski definition) is 6. The van der Waals surface area contributed by atoms with Gasteiger partial charge < -0.3 is 5.73 Å². The minimum Gasteiger partial charge on any atom is -0.374 e. The molecule has 0 saturated heterocycles. The fourth-order valence-corrected chi connectivity index (χ4v) is 2.51. The van der Waals surface area contributed by atoms with E-state index in [-0.39, 0.29) is 0 Å². The quantitative estimate of drug-likeness (QED) is 0.845. The molecule has 6 heteroatoms. The number of pyridine rings is 1. The average molecular weight is 224 g/mol. The minimum atomic E-state index is 0.487. The zero-order valence-electron chi connectivity index (χ0n) is 7.47. The smallest absolute Gasteiger partial charge is 0.203 e. The first-order valence-electron chi connectivity index (χ1n) is 3.94. The lowest BCUT2D eigenvalue weighted by Gasteiger charge is -1.98. The maximum Gasteiger partial charge on any atom is 0.203 e. The Bertz CT molecular complexity index is 440. The van der Waals surface area contributed by atoms with Gasteiger partial charge in [0.2, 0.25) is 5.13 Å². The van der Waals surface area contributed by atoms with Crippen molar-refractivity contribution >= 4 is 28.2 Å². The maximum absolute atomic E-state index is 5.48. The van der Waals surface area contributed by atoms with Gasteiger partial charge in [-0.05, 0) is 30.3 Å². The van der Waals surface area contributed by atoms with Crippen LogP contribution in [0.5, 0.6) is 0 Å². The van der Waals surface area contributed by atoms with Crippen LogP contribution in [-0.4, -0.2) is 15.2 Å². The molecule has 2 aromatic heterocycles. The number of hydrogen-bond donors (Lipinski definition) is 1. The Morgan fingerprint density at radius 1 is 1.43 bits per heavy atom. The molecule has 0 unspecified atom stereocenters. The largest absolute Gasteiger partial charge is 0.374 e. The molecule has 2 N–H and O–H groups in total. The van der Waals surface area contributed by atoms with Crippen LogP contribution >= 0.6 is 23.1 Å². The van der Waals surface area contributed by atoms with E-state index in [0.29, 0.717) is 5.13 Å². The third-order valence-electron chi connectivity index (χ3n) is 1.57. The van der Waals surface area contributed by atoms with Crippen molar-refractivity contribution in [3.8, 4) is 0 Å². The van der Waals surface area contributed by atoms with E-state index in [2.05, 4.69) is 15.2 Å². The molecule has 0 atom stereocenters. The van der Waals surface area contributed by atoms with Gasteiger partial charge in [0.15, 0.2) is 4.34 Å². The van der Waals surface area contributed by atoms with Crippen molar-refractivity contribution in [3.05, 3.63) is 23.9 Å². The number of anilines is 1. The van der Waals surface area contributed by atoms with E-state index in [0.717, 1.165) is 14.9 Å². The third kappa shape index (κ3) is 2.02. The molecule has 2 heterocycles. The first-order valence-corrected chi connectivity index (χ1v) is 5.57. The van der Waals surface area contributed by atoms with Crippen LogP contribution in [0, 0.1) is 6.92 Å². The third-order valence-corrected chi connectivity index (χ3v) is 3.49. The van der Waals surface area contributed by atoms with Gasteiger partial charge in [-0.1, -0.05) is 17.4 Å². The topological polar surface area (TPSA) is 64.7 Å². The highest BCUT2D eigenvalue weighted by Crippen LogP contribution is 2.30. The SMILES string of the molecule is Cc1cccnc1Sc1nnc(N)s1. The van der Waals surface area contributed by atoms with Crippen LogP contribution in [0.15, 0.2) is 27.7 Å². The second-order valence-corrected chi connectivity index (χ2v) is 4.88. The summed E-state index contributed by atoms with van der Waals surface area (Å²) >= 11 is 2.86. The summed E-state index contributed by atoms with van der Waals surface area (Å²) in [5, 5.41) is 9.09. The van der Waals surface area contributed by atoms with Crippen LogP contribution in [0.1, 0.15) is 5.56 Å². The lowest BCUT2D eigenvalue weighted by atomic mass is 10.3. The van der Waals surface area contributed by atoms with Crippen molar-refractivity contribution in [1.82, 2.24) is 15.2 Å². The van der Waals surface area contributed by atoms with Crippen molar-refractivity contribution < 1.29 is 0 Å². The van der Waals surface area contributed by atoms with Gasteiger partial charge in [0.1, 0.15) is 5.03 Å². The highest BCUT2D eigenvalue weighted by molar-refractivity contribution is 8.01. The Kier molecular flexibility index (Phi) is 2.64. The summed E-state index contributed by atoms with van der Waals surface area (Å²) in [5.41, 5.74) is 6.61. The van der Waals surface area contributed by atoms with Crippen LogP contribution in [0.25, 0.3) is 0 Å². The lowest BCUT2D eigenvalue weighted by Crippen LogP contribution is -1.83. The van der Waals surface area contributed by atoms with Crippen molar-refractivity contribution in [2.45, 2.75) is 16.3 Å². The average Bonchev–Trinajstić information content (AvgIpc) is 2.56. The fraction of sp³-hybridized carbons (Fsp3) is 0.125. The molecule has 0 aromatic carbocycles. The van der Waals surface area contributed by atoms with Gasteiger partial charge in [-0.15, -0.1) is 10.2 Å². The minimum absolute atomic E-state index is 0.487. The molecule has 0 fully saturated rings. The molecule has 4 nitrogen and oxygen atoms in total. The first kappa shape index (κ1) is 9.42. The molecular weight excluding hydrogens is 216 g/mol. The standard InChI is InChI=1S/C8H8N4S2/c1-5-3-2-4-10-6(5)13-8-12-11-7(9)14-8/h2-4H,1H3,(H2,9,11). The molecule has 0 amide bonds. The van der Waals surface area contributed by atoms with Gasteiger partial charge in [0.05, 0.1) is 0 Å². The Morgan fingerprint density at radius 3 is 2.93 bits per heavy atom. The summed E-state index contributed by atoms with van der Waals surface area (Å²) in [6.45, 7) is 2.01. The number of aryl methyl sites for hydroxylation is 1. The van der Waals surface area contributed by atoms with Gasteiger partial charge >= 0.3 is 0 Å². The van der Waals surface area contributed by atoms with Crippen LogP contribution in [0.4, 0.5) is 5.13 Å². The predicted octanol–water partition coefficient (Wildman–Crippen LogP) is 1.97. The second kappa shape index (κ2) is 3.93. The van der Waals surface area contributed by atoms with E-state index in [4.69, 9.17) is 5.73 Å². The molecule has 2 aromatic rings. The first-order chi connectivity index (χ1) is 6.75. The molecule has 14 heavy (non-hydrogen) atoms. The molecule has 0 saturated carbocycles. The van der Waals surface area contributed by atoms with Crippen molar-refractivity contribution in [1.29, 1.82) is 0 Å². The van der Waals surface area contributed by atoms with E-state index in [1.54, 1.807) is 6.20 Å². The second-order valence-electron chi connectivity index (χ2n) is 2.63. The van der Waals surface area contributed by atoms with Crippen molar-refractivity contribution in [2.75, 3.05) is 5.73 Å². The summed E-state index contributed by atoms with van der Waals surface area (Å²) in [4.78, 5) is 4.24. The zero-order valence-corrected chi connectivity index (χ0v) is 9.10. The molecule has 2 rings (SSSR count). The van der Waals surface area contributed by atoms with E-state index in [1.807, 2.05) is 19.1 Å². The molecule has 0 bridgehead atoms. The molecule has 0 radical (unpaired) electrons. The fourth-order valence-electron chi connectivity index (χ4n) is 0.922. The molecule has 0 aliphatic carbocycles. The number of aromatic nitrogens is 3. The van der Waals surface area contributed by atoms with E-state index >= 15 is 0 Å². The normalized spacial score (nSPS) is 10.4. The van der Waals surface area contributed by atoms with Crippen molar-refractivity contribution in [2.24, 2.45) is 0 Å². The Balaban J connectivity index is 2.23. The highest BCUT2D eigenvalue weighted by atomic mass is 32.2. The summed E-state index contributed by atoms with van der Waals surface area (Å²) in [6, 6.07) is 3.92. The molecular formula is C8H8N4S2. The summed E-state index contributed by atoms with van der Waals surface area (Å²) in [6.07, 6.45) is 1.76. The number of nitrogens with zero attached hydrogens (tertiary/aromatic N) is 3. The molecule has 0 spiro atoms. The summed E-state index contributed by atoms with van der Waals surface area (Å²) in [7, 11) is 0. The Hall–Kier alpha value is -1.14. The van der Waals surface area contributed by atoms with Crippen molar-refractivity contribution in [3.63, 3.8) is 0 Å². The van der Waals surface area contributed by atoms with Crippen LogP contribution in [0.2, 0.25) is 0 Å². The molecule has 0 aliphatic heterocycles. The Morgan fingerprint density at radius 2 is 2.29 bits per heavy atom. The van der Waals surface area contributed by atoms with Gasteiger partial charge in [0.25, 0.3) is 0 Å². The molecule has 72 valence electrons. The van der Waals surface area contributed by atoms with Crippen LogP contribution < -0.4 is 5.73 Å². The summed E-state index contributed by atoms with van der Waals surface area (Å²) in [5.74, 6) is 0. The predicted molar refractivity (Wildman–Crippen MR) is 57.4 cm³/mol. The van der Waals surface area contributed by atoms with Gasteiger partial charge in [-0.2, -0.15) is 0 Å². The lowest BCUT2D eigenvalue weighted by molar-refractivity contribution is 1.01. The number of nitrogens with two attached hydrogens (primary N) is 1. The molecule has 0 aliphatic rings. The van der Waals surface area contributed by atoms with Crippen LogP contribution in [0.3, 0.4) is 0 Å². The summed E-state index contributed by atoms with van der Waals surface area (Å²) < 4.78 is 0.823. The van der Waals surface area contributed by atoms with Gasteiger partial charge in [-0.25, -0.2) is 4.98 Å². The monoisotopic (exact) mass is 224 g/mol. The zero-order chi connectivity index (χ0) is 9.97. The van der Waals surface area contributed by atoms with Gasteiger partial charge in [0, 0.05) is 6.20 Å².